The molecule has 84 valence electrons. The zero-order valence-corrected chi connectivity index (χ0v) is 8.87. The van der Waals surface area contributed by atoms with Crippen LogP contribution in [0.15, 0.2) is 27.8 Å². The summed E-state index contributed by atoms with van der Waals surface area (Å²) in [4.78, 5) is 14.1. The summed E-state index contributed by atoms with van der Waals surface area (Å²) in [5.41, 5.74) is 0.827. The quantitative estimate of drug-likeness (QED) is 0.468. The van der Waals surface area contributed by atoms with Crippen molar-refractivity contribution >= 4 is 28.5 Å². The molecule has 5 nitrogen and oxygen atoms in total. The third-order valence-electron chi connectivity index (χ3n) is 1.87. The number of nitrogens with zero attached hydrogens (tertiary/aromatic N) is 2. The Hall–Kier alpha value is -1.63. The lowest BCUT2D eigenvalue weighted by atomic mass is 10.3. The van der Waals surface area contributed by atoms with Crippen LogP contribution in [0, 0.1) is 10.1 Å². The molecule has 16 heavy (non-hydrogen) atoms. The molecule has 0 bridgehead atoms. The lowest BCUT2D eigenvalue weighted by Gasteiger charge is -1.89. The van der Waals surface area contributed by atoms with Gasteiger partial charge in [-0.3, -0.25) is 14.5 Å². The molecule has 0 N–H and O–H groups in total. The fourth-order valence-electron chi connectivity index (χ4n) is 1.19. The number of rotatable bonds is 4. The van der Waals surface area contributed by atoms with Gasteiger partial charge in [-0.25, -0.2) is 4.98 Å². The molecule has 0 unspecified atom stereocenters. The average Bonchev–Trinajstić information content (AvgIpc) is 2.67. The molecule has 0 aliphatic heterocycles. The standard InChI is InChI=1S/C9H7FN2O3S/c10-3-4-16-9-11-7-2-1-6(12(13)14)5-8(7)15-9/h1-2,5H,3-4H2. The van der Waals surface area contributed by atoms with Crippen LogP contribution >= 0.6 is 11.8 Å². The molecule has 0 aliphatic rings. The summed E-state index contributed by atoms with van der Waals surface area (Å²) >= 11 is 1.14. The van der Waals surface area contributed by atoms with E-state index in [2.05, 4.69) is 4.98 Å². The highest BCUT2D eigenvalue weighted by Crippen LogP contribution is 2.26. The Morgan fingerprint density at radius 2 is 2.38 bits per heavy atom. The number of hydrogen-bond donors (Lipinski definition) is 0. The van der Waals surface area contributed by atoms with Crippen molar-refractivity contribution in [3.8, 4) is 0 Å². The average molecular weight is 242 g/mol. The number of nitro benzene ring substituents is 1. The van der Waals surface area contributed by atoms with E-state index in [1.54, 1.807) is 0 Å². The minimum absolute atomic E-state index is 0.0503. The maximum atomic E-state index is 11.9. The lowest BCUT2D eigenvalue weighted by Crippen LogP contribution is -1.86. The van der Waals surface area contributed by atoms with E-state index in [0.29, 0.717) is 16.3 Å². The zero-order chi connectivity index (χ0) is 11.5. The number of benzene rings is 1. The summed E-state index contributed by atoms with van der Waals surface area (Å²) < 4.78 is 17.2. The van der Waals surface area contributed by atoms with E-state index in [9.17, 15) is 14.5 Å². The van der Waals surface area contributed by atoms with Crippen LogP contribution in [0.4, 0.5) is 10.1 Å². The van der Waals surface area contributed by atoms with Gasteiger partial charge in [-0.1, -0.05) is 11.8 Å². The van der Waals surface area contributed by atoms with Gasteiger partial charge in [0, 0.05) is 11.8 Å². The highest BCUT2D eigenvalue weighted by molar-refractivity contribution is 7.99. The number of non-ortho nitro benzene ring substituents is 1. The van der Waals surface area contributed by atoms with E-state index in [1.165, 1.54) is 18.2 Å². The van der Waals surface area contributed by atoms with E-state index in [4.69, 9.17) is 4.42 Å². The van der Waals surface area contributed by atoms with Crippen molar-refractivity contribution in [1.29, 1.82) is 0 Å². The molecule has 7 heteroatoms. The number of nitro groups is 1. The van der Waals surface area contributed by atoms with Gasteiger partial charge >= 0.3 is 0 Å². The van der Waals surface area contributed by atoms with Crippen LogP contribution in [0.3, 0.4) is 0 Å². The van der Waals surface area contributed by atoms with Crippen molar-refractivity contribution in [1.82, 2.24) is 4.98 Å². The van der Waals surface area contributed by atoms with Crippen LogP contribution in [-0.2, 0) is 0 Å². The molecule has 0 atom stereocenters. The van der Waals surface area contributed by atoms with Crippen LogP contribution in [0.25, 0.3) is 11.1 Å². The molecular weight excluding hydrogens is 235 g/mol. The number of oxazole rings is 1. The number of aromatic nitrogens is 1. The summed E-state index contributed by atoms with van der Waals surface area (Å²) in [7, 11) is 0. The fourth-order valence-corrected chi connectivity index (χ4v) is 1.76. The Morgan fingerprint density at radius 1 is 1.56 bits per heavy atom. The Kier molecular flexibility index (Phi) is 3.04. The minimum atomic E-state index is -0.504. The maximum absolute atomic E-state index is 11.9. The normalized spacial score (nSPS) is 10.8. The first-order chi connectivity index (χ1) is 7.70. The first-order valence-corrected chi connectivity index (χ1v) is 5.43. The second kappa shape index (κ2) is 4.48. The van der Waals surface area contributed by atoms with Crippen LogP contribution in [0.2, 0.25) is 0 Å². The van der Waals surface area contributed by atoms with Gasteiger partial charge in [0.15, 0.2) is 5.58 Å². The summed E-state index contributed by atoms with van der Waals surface area (Å²) in [6, 6.07) is 4.17. The molecule has 2 aromatic rings. The van der Waals surface area contributed by atoms with Gasteiger partial charge < -0.3 is 4.42 Å². The monoisotopic (exact) mass is 242 g/mol. The molecule has 0 saturated carbocycles. The molecule has 1 heterocycles. The highest BCUT2D eigenvalue weighted by atomic mass is 32.2. The topological polar surface area (TPSA) is 69.2 Å². The fraction of sp³-hybridized carbons (Fsp3) is 0.222. The number of alkyl halides is 1. The number of hydrogen-bond acceptors (Lipinski definition) is 5. The molecule has 0 radical (unpaired) electrons. The third kappa shape index (κ3) is 2.13. The van der Waals surface area contributed by atoms with E-state index in [0.717, 1.165) is 11.8 Å². The molecular formula is C9H7FN2O3S. The van der Waals surface area contributed by atoms with Gasteiger partial charge in [-0.15, -0.1) is 0 Å². The SMILES string of the molecule is O=[N+]([O-])c1ccc2nc(SCCF)oc2c1. The first kappa shape index (κ1) is 10.9. The number of thioether (sulfide) groups is 1. The highest BCUT2D eigenvalue weighted by Gasteiger charge is 2.11. The van der Waals surface area contributed by atoms with E-state index in [-0.39, 0.29) is 11.4 Å². The third-order valence-corrected chi connectivity index (χ3v) is 2.65. The Labute approximate surface area is 93.8 Å². The number of fused-ring (bicyclic) bond motifs is 1. The summed E-state index contributed by atoms with van der Waals surface area (Å²) in [5, 5.41) is 10.8. The molecule has 0 aliphatic carbocycles. The second-order valence-electron chi connectivity index (χ2n) is 2.93. The molecule has 2 rings (SSSR count). The minimum Gasteiger partial charge on any atom is -0.431 e. The van der Waals surface area contributed by atoms with Gasteiger partial charge in [0.2, 0.25) is 0 Å². The van der Waals surface area contributed by atoms with E-state index < -0.39 is 11.6 Å². The van der Waals surface area contributed by atoms with Crippen LogP contribution < -0.4 is 0 Å². The van der Waals surface area contributed by atoms with Crippen molar-refractivity contribution < 1.29 is 13.7 Å². The summed E-state index contributed by atoms with van der Waals surface area (Å²) in [5.74, 6) is 0.259. The molecule has 1 aromatic carbocycles. The summed E-state index contributed by atoms with van der Waals surface area (Å²) in [6.07, 6.45) is 0. The van der Waals surface area contributed by atoms with Gasteiger partial charge in [0.25, 0.3) is 10.9 Å². The van der Waals surface area contributed by atoms with E-state index >= 15 is 0 Å². The van der Waals surface area contributed by atoms with Crippen molar-refractivity contribution in [2.75, 3.05) is 12.4 Å². The molecule has 0 fully saturated rings. The van der Waals surface area contributed by atoms with Crippen molar-refractivity contribution in [3.63, 3.8) is 0 Å². The second-order valence-corrected chi connectivity index (χ2v) is 3.97. The number of halogens is 1. The van der Waals surface area contributed by atoms with Crippen LogP contribution in [-0.4, -0.2) is 22.3 Å². The smallest absolute Gasteiger partial charge is 0.273 e. The largest absolute Gasteiger partial charge is 0.431 e. The van der Waals surface area contributed by atoms with Gasteiger partial charge in [0.1, 0.15) is 5.52 Å². The van der Waals surface area contributed by atoms with Crippen LogP contribution in [0.1, 0.15) is 0 Å². The zero-order valence-electron chi connectivity index (χ0n) is 8.05. The predicted octanol–water partition coefficient (Wildman–Crippen LogP) is 2.80. The first-order valence-electron chi connectivity index (χ1n) is 4.44. The Balaban J connectivity index is 2.34. The van der Waals surface area contributed by atoms with Crippen molar-refractivity contribution in [3.05, 3.63) is 28.3 Å². The van der Waals surface area contributed by atoms with Gasteiger partial charge in [-0.2, -0.15) is 0 Å². The van der Waals surface area contributed by atoms with E-state index in [1.807, 2.05) is 0 Å². The summed E-state index contributed by atoms with van der Waals surface area (Å²) in [6.45, 7) is -0.469. The molecule has 1 aromatic heterocycles. The Morgan fingerprint density at radius 3 is 3.06 bits per heavy atom. The predicted molar refractivity (Wildman–Crippen MR) is 57.4 cm³/mol. The van der Waals surface area contributed by atoms with Gasteiger partial charge in [0.05, 0.1) is 17.7 Å². The maximum Gasteiger partial charge on any atom is 0.273 e. The molecule has 0 amide bonds. The van der Waals surface area contributed by atoms with Gasteiger partial charge in [-0.05, 0) is 6.07 Å². The van der Waals surface area contributed by atoms with Crippen LogP contribution in [0.5, 0.6) is 0 Å². The van der Waals surface area contributed by atoms with Crippen molar-refractivity contribution in [2.24, 2.45) is 0 Å². The molecule has 0 spiro atoms. The van der Waals surface area contributed by atoms with Crippen molar-refractivity contribution in [2.45, 2.75) is 5.22 Å². The Bertz CT molecular complexity index is 528. The lowest BCUT2D eigenvalue weighted by molar-refractivity contribution is -0.384. The molecule has 0 saturated heterocycles.